The van der Waals surface area contributed by atoms with Crippen molar-refractivity contribution in [2.75, 3.05) is 0 Å². The predicted octanol–water partition coefficient (Wildman–Crippen LogP) is 5.44. The number of hydrogen-bond acceptors (Lipinski definition) is 0. The van der Waals surface area contributed by atoms with Gasteiger partial charge in [-0.25, -0.2) is 0 Å². The van der Waals surface area contributed by atoms with E-state index in [-0.39, 0.29) is 25.8 Å². The van der Waals surface area contributed by atoms with E-state index in [9.17, 15) is 0 Å². The van der Waals surface area contributed by atoms with Crippen LogP contribution < -0.4 is 0 Å². The first kappa shape index (κ1) is 27.2. The van der Waals surface area contributed by atoms with Gasteiger partial charge < -0.3 is 13.1 Å². The van der Waals surface area contributed by atoms with Crippen LogP contribution in [0.5, 0.6) is 0 Å². The monoisotopic (exact) mass is 484 g/mol. The molecule has 3 heteroatoms. The minimum atomic E-state index is -0.861. The molecule has 0 unspecified atom stereocenters. The molecule has 0 atom stereocenters. The van der Waals surface area contributed by atoms with Gasteiger partial charge in [0, 0.05) is 25.8 Å². The van der Waals surface area contributed by atoms with Crippen molar-refractivity contribution in [3.63, 3.8) is 0 Å². The summed E-state index contributed by atoms with van der Waals surface area (Å²) >= 11 is 0. The molecule has 0 aromatic rings. The van der Waals surface area contributed by atoms with Gasteiger partial charge in [-0.05, 0) is 64.2 Å². The summed E-state index contributed by atoms with van der Waals surface area (Å²) in [4.78, 5) is 0. The summed E-state index contributed by atoms with van der Waals surface area (Å²) < 4.78 is 0. The fourth-order valence-corrected chi connectivity index (χ4v) is 0.642. The van der Waals surface area contributed by atoms with E-state index in [2.05, 4.69) is 52.4 Å². The Kier molecular flexibility index (Phi) is 20.9. The molecule has 0 aromatic heterocycles. The third-order valence-corrected chi connectivity index (χ3v) is 1.11. The van der Waals surface area contributed by atoms with E-state index in [0.29, 0.717) is 0 Å². The van der Waals surface area contributed by atoms with Crippen LogP contribution in [0.15, 0.2) is 0 Å². The van der Waals surface area contributed by atoms with Gasteiger partial charge in [-0.1, -0.05) is 39.3 Å². The maximum Gasteiger partial charge on any atom is 0 e. The van der Waals surface area contributed by atoms with E-state index in [0.717, 1.165) is 0 Å². The van der Waals surface area contributed by atoms with E-state index < -0.39 is 16.1 Å². The molecule has 118 valence electrons. The van der Waals surface area contributed by atoms with Gasteiger partial charge in [-0.15, -0.1) is 16.1 Å². The molecule has 0 N–H and O–H groups in total. The molecule has 0 bridgehead atoms. The molecule has 2 aliphatic carbocycles. The van der Waals surface area contributed by atoms with Gasteiger partial charge in [-0.3, -0.25) is 0 Å². The Morgan fingerprint density at radius 1 is 0.429 bits per heavy atom. The van der Waals surface area contributed by atoms with E-state index >= 15 is 0 Å². The van der Waals surface area contributed by atoms with Crippen LogP contribution >= 0.6 is 0 Å². The smallest absolute Gasteiger partial charge is 0 e. The van der Waals surface area contributed by atoms with Crippen molar-refractivity contribution < 1.29 is 25.8 Å². The Hall–Kier alpha value is 1.30. The van der Waals surface area contributed by atoms with E-state index in [1.165, 1.54) is 0 Å². The fourth-order valence-electron chi connectivity index (χ4n) is 0.642. The molecule has 2 aliphatic rings. The zero-order chi connectivity index (χ0) is 16.1. The summed E-state index contributed by atoms with van der Waals surface area (Å²) in [5, 5.41) is 0. The maximum atomic E-state index is 3.91. The molecular formula is C18H32HfSi2-2. The number of hydrogen-bond donors (Lipinski definition) is 0. The Morgan fingerprint density at radius 2 is 0.476 bits per heavy atom. The summed E-state index contributed by atoms with van der Waals surface area (Å²) in [5.41, 5.74) is 0. The molecule has 0 aliphatic heterocycles. The van der Waals surface area contributed by atoms with Gasteiger partial charge in [0.15, 0.2) is 0 Å². The van der Waals surface area contributed by atoms with Crippen molar-refractivity contribution in [2.24, 2.45) is 0 Å². The van der Waals surface area contributed by atoms with Crippen molar-refractivity contribution >= 4 is 16.1 Å². The molecule has 0 aromatic carbocycles. The average Bonchev–Trinajstić information content (AvgIpc) is 2.92. The Bertz CT molecular complexity index is 135. The van der Waals surface area contributed by atoms with Crippen LogP contribution in [-0.2, 0) is 25.8 Å². The summed E-state index contributed by atoms with van der Waals surface area (Å²) in [6.45, 7) is 21.1. The van der Waals surface area contributed by atoms with Gasteiger partial charge >= 0.3 is 0 Å². The van der Waals surface area contributed by atoms with E-state index in [4.69, 9.17) is 0 Å². The van der Waals surface area contributed by atoms with Gasteiger partial charge in [-0.2, -0.15) is 0 Å². The molecule has 0 nitrogen and oxygen atoms in total. The predicted molar refractivity (Wildman–Crippen MR) is 100 cm³/mol. The fraction of sp³-hybridized carbons (Fsp3) is 0.333. The molecule has 2 fully saturated rings. The number of rotatable bonds is 0. The maximum absolute atomic E-state index is 3.91. The Balaban J connectivity index is -0.000000202. The zero-order valence-electron chi connectivity index (χ0n) is 14.7. The van der Waals surface area contributed by atoms with Crippen LogP contribution in [-0.4, -0.2) is 16.1 Å². The van der Waals surface area contributed by atoms with Crippen molar-refractivity contribution in [1.82, 2.24) is 0 Å². The minimum Gasteiger partial charge on any atom is -0.342 e. The van der Waals surface area contributed by atoms with Crippen molar-refractivity contribution in [3.8, 4) is 0 Å². The SMILES string of the molecule is [CH2-][Si](C)(C)C.[CH2-][Si](C)(C)C.[CH]1[CH][CH][CH][CH]1.[CH]1[CH][CH][CH][CH]1.[Hf]. The van der Waals surface area contributed by atoms with Crippen molar-refractivity contribution in [1.29, 1.82) is 0 Å². The summed E-state index contributed by atoms with van der Waals surface area (Å²) in [5.74, 6) is 0. The average molecular weight is 483 g/mol. The first-order valence-electron chi connectivity index (χ1n) is 7.04. The molecule has 0 heterocycles. The molecular weight excluding hydrogens is 451 g/mol. The van der Waals surface area contributed by atoms with Crippen molar-refractivity contribution in [3.05, 3.63) is 77.3 Å². The Morgan fingerprint density at radius 3 is 0.524 bits per heavy atom. The van der Waals surface area contributed by atoms with Crippen molar-refractivity contribution in [2.45, 2.75) is 39.3 Å². The summed E-state index contributed by atoms with van der Waals surface area (Å²) in [7, 11) is -1.72. The first-order valence-corrected chi connectivity index (χ1v) is 14.5. The Labute approximate surface area is 158 Å². The second-order valence-corrected chi connectivity index (χ2v) is 17.3. The van der Waals surface area contributed by atoms with Crippen LogP contribution in [0.1, 0.15) is 0 Å². The zero-order valence-corrected chi connectivity index (χ0v) is 20.3. The van der Waals surface area contributed by atoms with Crippen LogP contribution in [0.4, 0.5) is 0 Å². The summed E-state index contributed by atoms with van der Waals surface area (Å²) in [6.07, 6.45) is 20.0. The second kappa shape index (κ2) is 16.2. The quantitative estimate of drug-likeness (QED) is 0.319. The van der Waals surface area contributed by atoms with Gasteiger partial charge in [0.2, 0.25) is 0 Å². The normalized spacial score (nSPS) is 17.1. The van der Waals surface area contributed by atoms with Crippen LogP contribution in [0, 0.1) is 77.3 Å². The molecule has 10 radical (unpaired) electrons. The molecule has 2 rings (SSSR count). The van der Waals surface area contributed by atoms with Crippen LogP contribution in [0.3, 0.4) is 0 Å². The molecule has 21 heavy (non-hydrogen) atoms. The minimum absolute atomic E-state index is 0. The topological polar surface area (TPSA) is 0 Å². The first-order chi connectivity index (χ1) is 9.00. The van der Waals surface area contributed by atoms with E-state index in [1.807, 2.05) is 64.2 Å². The van der Waals surface area contributed by atoms with E-state index in [1.54, 1.807) is 0 Å². The van der Waals surface area contributed by atoms with Gasteiger partial charge in [0.1, 0.15) is 0 Å². The van der Waals surface area contributed by atoms with Gasteiger partial charge in [0.05, 0.1) is 0 Å². The third kappa shape index (κ3) is 62.1. The van der Waals surface area contributed by atoms with Crippen LogP contribution in [0.25, 0.3) is 0 Å². The summed E-state index contributed by atoms with van der Waals surface area (Å²) in [6, 6.07) is 0. The standard InChI is InChI=1S/2C5H5.2C4H11Si.Hf/c2*1-2-4-5-3-1;2*1-5(2,3)4;/h2*1-5H;2*1H2,2-4H3;/q;;2*-1;. The van der Waals surface area contributed by atoms with Crippen LogP contribution in [0.2, 0.25) is 39.3 Å². The molecule has 0 saturated heterocycles. The second-order valence-electron chi connectivity index (χ2n) is 7.05. The molecule has 0 amide bonds. The third-order valence-electron chi connectivity index (χ3n) is 1.11. The molecule has 2 saturated carbocycles. The van der Waals surface area contributed by atoms with Gasteiger partial charge in [0.25, 0.3) is 0 Å². The largest absolute Gasteiger partial charge is 0.342 e. The molecule has 0 spiro atoms.